The number of halogens is 1. The smallest absolute Gasteiger partial charge is 0.119 e. The molecule has 4 rings (SSSR count). The van der Waals surface area contributed by atoms with Gasteiger partial charge in [-0.2, -0.15) is 0 Å². The van der Waals surface area contributed by atoms with E-state index in [0.717, 1.165) is 36.7 Å². The third-order valence-corrected chi connectivity index (χ3v) is 6.40. The van der Waals surface area contributed by atoms with Crippen LogP contribution in [0.2, 0.25) is 5.02 Å². The molecule has 1 saturated heterocycles. The fraction of sp³-hybridized carbons (Fsp3) is 0.478. The molecule has 0 bridgehead atoms. The van der Waals surface area contributed by atoms with Crippen LogP contribution in [0.4, 0.5) is 0 Å². The minimum Gasteiger partial charge on any atom is -0.490 e. The number of aryl methyl sites for hydroxylation is 1. The van der Waals surface area contributed by atoms with Crippen molar-refractivity contribution < 1.29 is 4.74 Å². The summed E-state index contributed by atoms with van der Waals surface area (Å²) in [4.78, 5) is 2.64. The number of nitrogens with zero attached hydrogens (tertiary/aromatic N) is 1. The van der Waals surface area contributed by atoms with Crippen molar-refractivity contribution in [2.45, 2.75) is 50.5 Å². The Labute approximate surface area is 162 Å². The Kier molecular flexibility index (Phi) is 5.24. The fourth-order valence-electron chi connectivity index (χ4n) is 4.37. The second-order valence-electron chi connectivity index (χ2n) is 8.05. The van der Waals surface area contributed by atoms with Gasteiger partial charge >= 0.3 is 0 Å². The summed E-state index contributed by atoms with van der Waals surface area (Å²) >= 11 is 6.08. The Morgan fingerprint density at radius 3 is 2.23 bits per heavy atom. The first-order chi connectivity index (χ1) is 12.6. The zero-order chi connectivity index (χ0) is 18.0. The Hall–Kier alpha value is -1.51. The molecule has 1 aliphatic carbocycles. The van der Waals surface area contributed by atoms with Gasteiger partial charge in [-0.15, -0.1) is 0 Å². The highest BCUT2D eigenvalue weighted by Crippen LogP contribution is 2.45. The van der Waals surface area contributed by atoms with Crippen LogP contribution in [0.3, 0.4) is 0 Å². The van der Waals surface area contributed by atoms with Gasteiger partial charge in [-0.3, -0.25) is 0 Å². The average molecular weight is 370 g/mol. The maximum Gasteiger partial charge on any atom is 0.119 e. The lowest BCUT2D eigenvalue weighted by Crippen LogP contribution is -2.49. The van der Waals surface area contributed by atoms with Crippen molar-refractivity contribution in [3.8, 4) is 5.75 Å². The number of benzene rings is 2. The van der Waals surface area contributed by atoms with Gasteiger partial charge in [0, 0.05) is 30.1 Å². The van der Waals surface area contributed by atoms with Gasteiger partial charge in [-0.25, -0.2) is 0 Å². The van der Waals surface area contributed by atoms with Crippen LogP contribution in [0.25, 0.3) is 0 Å². The average Bonchev–Trinajstić information content (AvgIpc) is 2.62. The lowest BCUT2D eigenvalue weighted by Gasteiger charge is -2.47. The van der Waals surface area contributed by atoms with Gasteiger partial charge in [0.05, 0.1) is 0 Å². The summed E-state index contributed by atoms with van der Waals surface area (Å²) in [5, 5.41) is 0.831. The van der Waals surface area contributed by atoms with Crippen molar-refractivity contribution in [1.82, 2.24) is 4.90 Å². The predicted molar refractivity (Wildman–Crippen MR) is 108 cm³/mol. The van der Waals surface area contributed by atoms with Crippen molar-refractivity contribution in [2.75, 3.05) is 19.6 Å². The van der Waals surface area contributed by atoms with E-state index in [2.05, 4.69) is 48.2 Å². The third kappa shape index (κ3) is 3.92. The molecule has 1 aliphatic heterocycles. The van der Waals surface area contributed by atoms with E-state index in [1.54, 1.807) is 0 Å². The fourth-order valence-corrected chi connectivity index (χ4v) is 4.49. The molecule has 0 atom stereocenters. The highest BCUT2D eigenvalue weighted by atomic mass is 35.5. The minimum atomic E-state index is 0.342. The molecule has 2 aromatic rings. The zero-order valence-electron chi connectivity index (χ0n) is 15.6. The van der Waals surface area contributed by atoms with Gasteiger partial charge in [0.15, 0.2) is 0 Å². The standard InChI is InChI=1S/C23H28ClNO/c1-18-3-9-21(10-4-18)26-22-11-15-25(16-12-22)17-23(13-2-14-23)19-5-7-20(24)8-6-19/h3-10,22H,2,11-17H2,1H3. The first kappa shape index (κ1) is 17.9. The van der Waals surface area contributed by atoms with E-state index in [1.165, 1.54) is 36.9 Å². The normalized spacial score (nSPS) is 20.5. The van der Waals surface area contributed by atoms with E-state index < -0.39 is 0 Å². The topological polar surface area (TPSA) is 12.5 Å². The van der Waals surface area contributed by atoms with Gasteiger partial charge in [0.1, 0.15) is 11.9 Å². The van der Waals surface area contributed by atoms with Gasteiger partial charge in [0.25, 0.3) is 0 Å². The monoisotopic (exact) mass is 369 g/mol. The molecule has 1 heterocycles. The Morgan fingerprint density at radius 1 is 1.00 bits per heavy atom. The highest BCUT2D eigenvalue weighted by molar-refractivity contribution is 6.30. The van der Waals surface area contributed by atoms with Gasteiger partial charge in [-0.05, 0) is 62.4 Å². The second kappa shape index (κ2) is 7.62. The van der Waals surface area contributed by atoms with Gasteiger partial charge < -0.3 is 9.64 Å². The maximum absolute atomic E-state index is 6.19. The molecule has 2 nitrogen and oxygen atoms in total. The van der Waals surface area contributed by atoms with Crippen LogP contribution in [0.15, 0.2) is 48.5 Å². The summed E-state index contributed by atoms with van der Waals surface area (Å²) in [7, 11) is 0. The van der Waals surface area contributed by atoms with E-state index in [9.17, 15) is 0 Å². The minimum absolute atomic E-state index is 0.342. The third-order valence-electron chi connectivity index (χ3n) is 6.15. The molecule has 0 amide bonds. The molecular formula is C23H28ClNO. The van der Waals surface area contributed by atoms with Crippen molar-refractivity contribution in [3.05, 3.63) is 64.7 Å². The van der Waals surface area contributed by atoms with E-state index in [1.807, 2.05) is 12.1 Å². The van der Waals surface area contributed by atoms with Crippen LogP contribution in [-0.4, -0.2) is 30.6 Å². The molecule has 0 N–H and O–H groups in total. The highest BCUT2D eigenvalue weighted by Gasteiger charge is 2.40. The SMILES string of the molecule is Cc1ccc(OC2CCN(CC3(c4ccc(Cl)cc4)CCC3)CC2)cc1. The summed E-state index contributed by atoms with van der Waals surface area (Å²) in [5.74, 6) is 1.01. The van der Waals surface area contributed by atoms with Crippen molar-refractivity contribution in [3.63, 3.8) is 0 Å². The molecule has 0 spiro atoms. The lowest BCUT2D eigenvalue weighted by atomic mass is 9.64. The van der Waals surface area contributed by atoms with E-state index in [4.69, 9.17) is 16.3 Å². The van der Waals surface area contributed by atoms with Crippen molar-refractivity contribution in [2.24, 2.45) is 0 Å². The van der Waals surface area contributed by atoms with E-state index >= 15 is 0 Å². The molecular weight excluding hydrogens is 342 g/mol. The summed E-state index contributed by atoms with van der Waals surface area (Å²) in [6, 6.07) is 17.0. The molecule has 26 heavy (non-hydrogen) atoms. The summed E-state index contributed by atoms with van der Waals surface area (Å²) in [5.41, 5.74) is 3.08. The number of hydrogen-bond donors (Lipinski definition) is 0. The largest absolute Gasteiger partial charge is 0.490 e. The summed E-state index contributed by atoms with van der Waals surface area (Å²) < 4.78 is 6.19. The van der Waals surface area contributed by atoms with Crippen LogP contribution in [0, 0.1) is 6.92 Å². The Balaban J connectivity index is 1.33. The van der Waals surface area contributed by atoms with Gasteiger partial charge in [-0.1, -0.05) is 47.9 Å². The Bertz CT molecular complexity index is 713. The maximum atomic E-state index is 6.19. The number of ether oxygens (including phenoxy) is 1. The number of rotatable bonds is 5. The lowest BCUT2D eigenvalue weighted by molar-refractivity contribution is 0.0680. The van der Waals surface area contributed by atoms with Crippen LogP contribution in [0.5, 0.6) is 5.75 Å². The summed E-state index contributed by atoms with van der Waals surface area (Å²) in [6.45, 7) is 5.54. The quantitative estimate of drug-likeness (QED) is 0.678. The summed E-state index contributed by atoms with van der Waals surface area (Å²) in [6.07, 6.45) is 6.52. The Morgan fingerprint density at radius 2 is 1.65 bits per heavy atom. The van der Waals surface area contributed by atoms with Crippen molar-refractivity contribution in [1.29, 1.82) is 0 Å². The van der Waals surface area contributed by atoms with Gasteiger partial charge in [0.2, 0.25) is 0 Å². The molecule has 0 radical (unpaired) electrons. The number of piperidine rings is 1. The zero-order valence-corrected chi connectivity index (χ0v) is 16.3. The molecule has 0 unspecified atom stereocenters. The predicted octanol–water partition coefficient (Wildman–Crippen LogP) is 5.61. The molecule has 3 heteroatoms. The van der Waals surface area contributed by atoms with Crippen LogP contribution in [0.1, 0.15) is 43.2 Å². The van der Waals surface area contributed by atoms with E-state index in [-0.39, 0.29) is 0 Å². The number of hydrogen-bond acceptors (Lipinski definition) is 2. The molecule has 1 saturated carbocycles. The van der Waals surface area contributed by atoms with Crippen LogP contribution in [-0.2, 0) is 5.41 Å². The van der Waals surface area contributed by atoms with Crippen LogP contribution < -0.4 is 4.74 Å². The van der Waals surface area contributed by atoms with Crippen molar-refractivity contribution >= 4 is 11.6 Å². The van der Waals surface area contributed by atoms with Crippen LogP contribution >= 0.6 is 11.6 Å². The number of likely N-dealkylation sites (tertiary alicyclic amines) is 1. The first-order valence-corrected chi connectivity index (χ1v) is 10.2. The first-order valence-electron chi connectivity index (χ1n) is 9.85. The van der Waals surface area contributed by atoms with E-state index in [0.29, 0.717) is 11.5 Å². The molecule has 138 valence electrons. The molecule has 2 fully saturated rings. The molecule has 0 aromatic heterocycles. The molecule has 2 aliphatic rings. The second-order valence-corrected chi connectivity index (χ2v) is 8.48. The molecule has 2 aromatic carbocycles.